The highest BCUT2D eigenvalue weighted by molar-refractivity contribution is 5.53. The Morgan fingerprint density at radius 3 is 2.67 bits per heavy atom. The molecule has 1 aliphatic rings. The van der Waals surface area contributed by atoms with E-state index in [1.807, 2.05) is 0 Å². The summed E-state index contributed by atoms with van der Waals surface area (Å²) < 4.78 is 0. The van der Waals surface area contributed by atoms with Gasteiger partial charge in [-0.15, -0.1) is 0 Å². The molecule has 0 aromatic rings. The molecule has 0 aliphatic heterocycles. The van der Waals surface area contributed by atoms with E-state index in [0.717, 1.165) is 25.5 Å². The van der Waals surface area contributed by atoms with Gasteiger partial charge >= 0.3 is 0 Å². The summed E-state index contributed by atoms with van der Waals surface area (Å²) in [6.07, 6.45) is 4.29. The maximum atomic E-state index is 10.2. The van der Waals surface area contributed by atoms with Crippen LogP contribution in [0.3, 0.4) is 0 Å². The largest absolute Gasteiger partial charge is 0.393 e. The van der Waals surface area contributed by atoms with Gasteiger partial charge in [-0.25, -0.2) is 0 Å². The van der Waals surface area contributed by atoms with Gasteiger partial charge in [0.1, 0.15) is 6.29 Å². The lowest BCUT2D eigenvalue weighted by molar-refractivity contribution is -0.113. The molecule has 1 rings (SSSR count). The summed E-state index contributed by atoms with van der Waals surface area (Å²) in [5, 5.41) is 9.05. The predicted molar refractivity (Wildman–Crippen MR) is 34.0 cm³/mol. The van der Waals surface area contributed by atoms with E-state index in [2.05, 4.69) is 0 Å². The summed E-state index contributed by atoms with van der Waals surface area (Å²) >= 11 is 0. The molecule has 1 N–H and O–H groups in total. The number of hydrogen-bond donors (Lipinski definition) is 1. The molecular formula is C7H12O2. The van der Waals surface area contributed by atoms with Crippen molar-refractivity contribution in [2.45, 2.75) is 31.8 Å². The highest BCUT2D eigenvalue weighted by Gasteiger charge is 2.18. The van der Waals surface area contributed by atoms with Crippen LogP contribution in [0.2, 0.25) is 0 Å². The summed E-state index contributed by atoms with van der Waals surface area (Å²) in [4.78, 5) is 10.2. The Morgan fingerprint density at radius 2 is 2.22 bits per heavy atom. The fraction of sp³-hybridized carbons (Fsp3) is 0.857. The van der Waals surface area contributed by atoms with Crippen LogP contribution in [0.15, 0.2) is 0 Å². The SMILES string of the molecule is O=CC1CCCC(O)C1. The van der Waals surface area contributed by atoms with Gasteiger partial charge < -0.3 is 9.90 Å². The van der Waals surface area contributed by atoms with Crippen LogP contribution < -0.4 is 0 Å². The van der Waals surface area contributed by atoms with Crippen LogP contribution in [-0.2, 0) is 4.79 Å². The third-order valence-corrected chi connectivity index (χ3v) is 1.88. The molecular weight excluding hydrogens is 116 g/mol. The van der Waals surface area contributed by atoms with Crippen molar-refractivity contribution in [3.63, 3.8) is 0 Å². The normalized spacial score (nSPS) is 36.1. The van der Waals surface area contributed by atoms with Gasteiger partial charge in [0.2, 0.25) is 0 Å². The Balaban J connectivity index is 2.31. The summed E-state index contributed by atoms with van der Waals surface area (Å²) in [6.45, 7) is 0. The van der Waals surface area contributed by atoms with Gasteiger partial charge in [-0.3, -0.25) is 0 Å². The van der Waals surface area contributed by atoms with Crippen LogP contribution in [0.4, 0.5) is 0 Å². The molecule has 0 spiro atoms. The van der Waals surface area contributed by atoms with E-state index in [-0.39, 0.29) is 12.0 Å². The average Bonchev–Trinajstić information content (AvgIpc) is 1.88. The molecule has 0 aromatic heterocycles. The lowest BCUT2D eigenvalue weighted by Crippen LogP contribution is -2.19. The quantitative estimate of drug-likeness (QED) is 0.529. The highest BCUT2D eigenvalue weighted by Crippen LogP contribution is 2.21. The van der Waals surface area contributed by atoms with Crippen molar-refractivity contribution in [2.24, 2.45) is 5.92 Å². The average molecular weight is 128 g/mol. The van der Waals surface area contributed by atoms with Crippen LogP contribution >= 0.6 is 0 Å². The molecule has 2 atom stereocenters. The van der Waals surface area contributed by atoms with E-state index >= 15 is 0 Å². The Kier molecular flexibility index (Phi) is 2.22. The van der Waals surface area contributed by atoms with Crippen molar-refractivity contribution in [3.8, 4) is 0 Å². The fourth-order valence-corrected chi connectivity index (χ4v) is 1.32. The van der Waals surface area contributed by atoms with Gasteiger partial charge in [0.15, 0.2) is 0 Å². The Labute approximate surface area is 54.9 Å². The topological polar surface area (TPSA) is 37.3 Å². The first kappa shape index (κ1) is 6.75. The van der Waals surface area contributed by atoms with Gasteiger partial charge in [-0.05, 0) is 19.3 Å². The lowest BCUT2D eigenvalue weighted by atomic mass is 9.88. The van der Waals surface area contributed by atoms with Gasteiger partial charge in [0.05, 0.1) is 6.10 Å². The second-order valence-corrected chi connectivity index (χ2v) is 2.72. The minimum Gasteiger partial charge on any atom is -0.393 e. The molecule has 2 heteroatoms. The van der Waals surface area contributed by atoms with Crippen molar-refractivity contribution in [3.05, 3.63) is 0 Å². The number of rotatable bonds is 1. The molecule has 52 valence electrons. The van der Waals surface area contributed by atoms with Crippen molar-refractivity contribution in [2.75, 3.05) is 0 Å². The molecule has 2 nitrogen and oxygen atoms in total. The molecule has 1 aliphatic carbocycles. The molecule has 0 radical (unpaired) electrons. The minimum absolute atomic E-state index is 0.133. The molecule has 0 heterocycles. The monoisotopic (exact) mass is 128 g/mol. The van der Waals surface area contributed by atoms with Crippen LogP contribution in [0, 0.1) is 5.92 Å². The van der Waals surface area contributed by atoms with Crippen molar-refractivity contribution in [1.82, 2.24) is 0 Å². The number of aldehydes is 1. The van der Waals surface area contributed by atoms with E-state index in [0.29, 0.717) is 6.42 Å². The van der Waals surface area contributed by atoms with Crippen molar-refractivity contribution < 1.29 is 9.90 Å². The summed E-state index contributed by atoms with van der Waals surface area (Å²) in [5.41, 5.74) is 0. The van der Waals surface area contributed by atoms with Crippen LogP contribution in [0.25, 0.3) is 0 Å². The molecule has 0 aromatic carbocycles. The second kappa shape index (κ2) is 2.97. The van der Waals surface area contributed by atoms with Gasteiger partial charge in [-0.1, -0.05) is 6.42 Å². The maximum absolute atomic E-state index is 10.2. The zero-order valence-corrected chi connectivity index (χ0v) is 5.42. The molecule has 1 fully saturated rings. The first-order valence-electron chi connectivity index (χ1n) is 3.46. The van der Waals surface area contributed by atoms with E-state index < -0.39 is 0 Å². The minimum atomic E-state index is -0.214. The zero-order chi connectivity index (χ0) is 6.69. The fourth-order valence-electron chi connectivity index (χ4n) is 1.32. The van der Waals surface area contributed by atoms with Crippen LogP contribution in [0.5, 0.6) is 0 Å². The van der Waals surface area contributed by atoms with Crippen molar-refractivity contribution in [1.29, 1.82) is 0 Å². The van der Waals surface area contributed by atoms with E-state index in [9.17, 15) is 4.79 Å². The Morgan fingerprint density at radius 1 is 1.44 bits per heavy atom. The Hall–Kier alpha value is -0.370. The maximum Gasteiger partial charge on any atom is 0.123 e. The van der Waals surface area contributed by atoms with Crippen LogP contribution in [-0.4, -0.2) is 17.5 Å². The Bertz CT molecular complexity index is 101. The highest BCUT2D eigenvalue weighted by atomic mass is 16.3. The molecule has 0 saturated heterocycles. The van der Waals surface area contributed by atoms with Crippen molar-refractivity contribution >= 4 is 6.29 Å². The number of carbonyl (C=O) groups excluding carboxylic acids is 1. The smallest absolute Gasteiger partial charge is 0.123 e. The van der Waals surface area contributed by atoms with Gasteiger partial charge in [-0.2, -0.15) is 0 Å². The molecule has 9 heavy (non-hydrogen) atoms. The lowest BCUT2D eigenvalue weighted by Gasteiger charge is -2.20. The van der Waals surface area contributed by atoms with E-state index in [1.165, 1.54) is 0 Å². The first-order valence-corrected chi connectivity index (χ1v) is 3.46. The number of carbonyl (C=O) groups is 1. The van der Waals surface area contributed by atoms with Gasteiger partial charge in [0.25, 0.3) is 0 Å². The molecule has 0 bridgehead atoms. The van der Waals surface area contributed by atoms with E-state index in [4.69, 9.17) is 5.11 Å². The summed E-state index contributed by atoms with van der Waals surface area (Å²) in [6, 6.07) is 0. The standard InChI is InChI=1S/C7H12O2/c8-5-6-2-1-3-7(9)4-6/h5-7,9H,1-4H2. The molecule has 1 saturated carbocycles. The number of hydrogen-bond acceptors (Lipinski definition) is 2. The van der Waals surface area contributed by atoms with Gasteiger partial charge in [0, 0.05) is 5.92 Å². The number of aliphatic hydroxyl groups is 1. The summed E-state index contributed by atoms with van der Waals surface area (Å²) in [7, 11) is 0. The molecule has 2 unspecified atom stereocenters. The van der Waals surface area contributed by atoms with E-state index in [1.54, 1.807) is 0 Å². The first-order chi connectivity index (χ1) is 4.33. The third kappa shape index (κ3) is 1.79. The third-order valence-electron chi connectivity index (χ3n) is 1.88. The second-order valence-electron chi connectivity index (χ2n) is 2.72. The van der Waals surface area contributed by atoms with Crippen LogP contribution in [0.1, 0.15) is 25.7 Å². The molecule has 0 amide bonds. The summed E-state index contributed by atoms with van der Waals surface area (Å²) in [5.74, 6) is 0.133. The number of aliphatic hydroxyl groups excluding tert-OH is 1. The zero-order valence-electron chi connectivity index (χ0n) is 5.42. The predicted octanol–water partition coefficient (Wildman–Crippen LogP) is 0.736.